The van der Waals surface area contributed by atoms with Crippen LogP contribution in [0.1, 0.15) is 35.2 Å². The Bertz CT molecular complexity index is 522. The van der Waals surface area contributed by atoms with E-state index in [1.165, 1.54) is 12.1 Å². The second kappa shape index (κ2) is 3.14. The SMILES string of the molecule is CC1=Nc2cc(F)cc3c2C1CCNC3=O. The fourth-order valence-corrected chi connectivity index (χ4v) is 2.51. The molecule has 16 heavy (non-hydrogen) atoms. The molecule has 1 N–H and O–H groups in total. The normalized spacial score (nSPS) is 22.2. The Morgan fingerprint density at radius 3 is 3.12 bits per heavy atom. The van der Waals surface area contributed by atoms with Crippen LogP contribution in [0.3, 0.4) is 0 Å². The van der Waals surface area contributed by atoms with Crippen molar-refractivity contribution < 1.29 is 9.18 Å². The highest BCUT2D eigenvalue weighted by molar-refractivity contribution is 6.05. The van der Waals surface area contributed by atoms with Crippen LogP contribution in [0.5, 0.6) is 0 Å². The molecule has 1 unspecified atom stereocenters. The maximum Gasteiger partial charge on any atom is 0.251 e. The largest absolute Gasteiger partial charge is 0.352 e. The van der Waals surface area contributed by atoms with Crippen LogP contribution in [0.15, 0.2) is 17.1 Å². The summed E-state index contributed by atoms with van der Waals surface area (Å²) in [6, 6.07) is 2.71. The van der Waals surface area contributed by atoms with Crippen molar-refractivity contribution in [2.24, 2.45) is 4.99 Å². The minimum atomic E-state index is -0.400. The van der Waals surface area contributed by atoms with Crippen molar-refractivity contribution in [3.63, 3.8) is 0 Å². The summed E-state index contributed by atoms with van der Waals surface area (Å²) in [6.45, 7) is 2.55. The van der Waals surface area contributed by atoms with Gasteiger partial charge in [-0.05, 0) is 31.0 Å². The quantitative estimate of drug-likeness (QED) is 0.712. The summed E-state index contributed by atoms with van der Waals surface area (Å²) in [5.41, 5.74) is 2.93. The molecule has 2 heterocycles. The zero-order valence-electron chi connectivity index (χ0n) is 8.88. The minimum Gasteiger partial charge on any atom is -0.352 e. The Balaban J connectivity index is 2.29. The second-order valence-corrected chi connectivity index (χ2v) is 4.24. The van der Waals surface area contributed by atoms with Gasteiger partial charge in [0.25, 0.3) is 5.91 Å². The van der Waals surface area contributed by atoms with Gasteiger partial charge in [0.2, 0.25) is 0 Å². The first-order valence-corrected chi connectivity index (χ1v) is 5.33. The summed E-state index contributed by atoms with van der Waals surface area (Å²) >= 11 is 0. The first kappa shape index (κ1) is 9.51. The van der Waals surface area contributed by atoms with E-state index in [1.807, 2.05) is 6.92 Å². The van der Waals surface area contributed by atoms with Gasteiger partial charge in [0.05, 0.1) is 5.69 Å². The van der Waals surface area contributed by atoms with Crippen LogP contribution >= 0.6 is 0 Å². The highest BCUT2D eigenvalue weighted by Gasteiger charge is 2.32. The zero-order chi connectivity index (χ0) is 11.3. The Morgan fingerprint density at radius 2 is 2.31 bits per heavy atom. The van der Waals surface area contributed by atoms with Crippen molar-refractivity contribution in [2.45, 2.75) is 19.3 Å². The number of nitrogens with zero attached hydrogens (tertiary/aromatic N) is 1. The highest BCUT2D eigenvalue weighted by Crippen LogP contribution is 2.41. The first-order chi connectivity index (χ1) is 7.66. The lowest BCUT2D eigenvalue weighted by molar-refractivity contribution is 0.0955. The van der Waals surface area contributed by atoms with Gasteiger partial charge in [0.15, 0.2) is 0 Å². The van der Waals surface area contributed by atoms with E-state index in [2.05, 4.69) is 10.3 Å². The molecular formula is C12H11FN2O. The number of rotatable bonds is 0. The lowest BCUT2D eigenvalue weighted by Crippen LogP contribution is -2.22. The van der Waals surface area contributed by atoms with E-state index in [-0.39, 0.29) is 11.8 Å². The standard InChI is InChI=1S/C12H11FN2O/c1-6-8-2-3-14-12(16)9-4-7(13)5-10(15-6)11(8)9/h4-5,8H,2-3H2,1H3,(H,14,16). The van der Waals surface area contributed by atoms with Gasteiger partial charge in [-0.15, -0.1) is 0 Å². The average Bonchev–Trinajstić information content (AvgIpc) is 2.42. The topological polar surface area (TPSA) is 41.5 Å². The maximum absolute atomic E-state index is 13.3. The molecule has 0 spiro atoms. The molecule has 82 valence electrons. The van der Waals surface area contributed by atoms with Gasteiger partial charge in [-0.25, -0.2) is 4.39 Å². The van der Waals surface area contributed by atoms with E-state index in [9.17, 15) is 9.18 Å². The molecule has 0 aromatic heterocycles. The number of hydrogen-bond acceptors (Lipinski definition) is 2. The third-order valence-corrected chi connectivity index (χ3v) is 3.24. The molecule has 0 bridgehead atoms. The summed E-state index contributed by atoms with van der Waals surface area (Å²) in [7, 11) is 0. The third-order valence-electron chi connectivity index (χ3n) is 3.24. The van der Waals surface area contributed by atoms with Gasteiger partial charge in [0, 0.05) is 23.7 Å². The van der Waals surface area contributed by atoms with Crippen molar-refractivity contribution in [1.82, 2.24) is 5.32 Å². The van der Waals surface area contributed by atoms with E-state index in [0.29, 0.717) is 17.8 Å². The van der Waals surface area contributed by atoms with Crippen molar-refractivity contribution in [1.29, 1.82) is 0 Å². The second-order valence-electron chi connectivity index (χ2n) is 4.24. The van der Waals surface area contributed by atoms with E-state index in [4.69, 9.17) is 0 Å². The molecule has 3 rings (SSSR count). The number of carbonyl (C=O) groups is 1. The molecule has 0 aliphatic carbocycles. The number of carbonyl (C=O) groups excluding carboxylic acids is 1. The molecule has 2 aliphatic heterocycles. The van der Waals surface area contributed by atoms with E-state index >= 15 is 0 Å². The van der Waals surface area contributed by atoms with Crippen molar-refractivity contribution in [3.05, 3.63) is 29.1 Å². The third kappa shape index (κ3) is 1.19. The van der Waals surface area contributed by atoms with Crippen molar-refractivity contribution in [2.75, 3.05) is 6.54 Å². The summed E-state index contributed by atoms with van der Waals surface area (Å²) in [6.07, 6.45) is 0.840. The molecule has 1 aromatic carbocycles. The molecule has 0 radical (unpaired) electrons. The predicted molar refractivity (Wildman–Crippen MR) is 58.9 cm³/mol. The molecule has 4 heteroatoms. The summed E-state index contributed by atoms with van der Waals surface area (Å²) < 4.78 is 13.3. The van der Waals surface area contributed by atoms with Crippen molar-refractivity contribution >= 4 is 17.3 Å². The number of hydrogen-bond donors (Lipinski definition) is 1. The van der Waals surface area contributed by atoms with Gasteiger partial charge in [-0.3, -0.25) is 9.79 Å². The molecule has 0 fully saturated rings. The number of halogens is 1. The van der Waals surface area contributed by atoms with Gasteiger partial charge in [0.1, 0.15) is 5.82 Å². The average molecular weight is 218 g/mol. The summed E-state index contributed by atoms with van der Waals surface area (Å²) in [5.74, 6) is -0.421. The lowest BCUT2D eigenvalue weighted by atomic mass is 9.90. The maximum atomic E-state index is 13.3. The van der Waals surface area contributed by atoms with Crippen LogP contribution in [0.25, 0.3) is 0 Å². The molecule has 1 atom stereocenters. The Morgan fingerprint density at radius 1 is 1.50 bits per heavy atom. The van der Waals surface area contributed by atoms with E-state index in [0.717, 1.165) is 17.7 Å². The zero-order valence-corrected chi connectivity index (χ0v) is 8.88. The molecule has 2 aliphatic rings. The first-order valence-electron chi connectivity index (χ1n) is 5.33. The van der Waals surface area contributed by atoms with Crippen LogP contribution in [-0.2, 0) is 0 Å². The minimum absolute atomic E-state index is 0.171. The monoisotopic (exact) mass is 218 g/mol. The molecule has 0 saturated heterocycles. The van der Waals surface area contributed by atoms with Gasteiger partial charge in [-0.2, -0.15) is 0 Å². The molecule has 3 nitrogen and oxygen atoms in total. The lowest BCUT2D eigenvalue weighted by Gasteiger charge is -2.10. The van der Waals surface area contributed by atoms with Gasteiger partial charge < -0.3 is 5.32 Å². The predicted octanol–water partition coefficient (Wildman–Crippen LogP) is 2.15. The van der Waals surface area contributed by atoms with E-state index < -0.39 is 5.82 Å². The van der Waals surface area contributed by atoms with Crippen molar-refractivity contribution in [3.8, 4) is 0 Å². The number of benzene rings is 1. The number of nitrogens with one attached hydrogen (secondary N) is 1. The molecule has 1 aromatic rings. The van der Waals surface area contributed by atoms with Crippen LogP contribution < -0.4 is 5.32 Å². The Kier molecular flexibility index (Phi) is 1.87. The number of amides is 1. The Labute approximate surface area is 92.4 Å². The van der Waals surface area contributed by atoms with E-state index in [1.54, 1.807) is 0 Å². The molecular weight excluding hydrogens is 207 g/mol. The number of aliphatic imine (C=N–C) groups is 1. The summed E-state index contributed by atoms with van der Waals surface area (Å²) in [4.78, 5) is 16.1. The molecule has 0 saturated carbocycles. The Hall–Kier alpha value is -1.71. The van der Waals surface area contributed by atoms with Crippen LogP contribution in [0, 0.1) is 5.82 Å². The summed E-state index contributed by atoms with van der Waals surface area (Å²) in [5, 5.41) is 2.78. The molecule has 1 amide bonds. The van der Waals surface area contributed by atoms with Crippen LogP contribution in [-0.4, -0.2) is 18.2 Å². The van der Waals surface area contributed by atoms with Gasteiger partial charge >= 0.3 is 0 Å². The van der Waals surface area contributed by atoms with Crippen LogP contribution in [0.2, 0.25) is 0 Å². The fourth-order valence-electron chi connectivity index (χ4n) is 2.51. The fraction of sp³-hybridized carbons (Fsp3) is 0.333. The highest BCUT2D eigenvalue weighted by atomic mass is 19.1. The smallest absolute Gasteiger partial charge is 0.251 e. The van der Waals surface area contributed by atoms with Crippen LogP contribution in [0.4, 0.5) is 10.1 Å². The van der Waals surface area contributed by atoms with Gasteiger partial charge in [-0.1, -0.05) is 0 Å².